The van der Waals surface area contributed by atoms with Gasteiger partial charge in [0.1, 0.15) is 5.75 Å². The molecule has 0 atom stereocenters. The topological polar surface area (TPSA) is 77.8 Å². The fraction of sp³-hybridized carbons (Fsp3) is 0.304. The number of carbonyl (C=O) groups is 2. The molecule has 2 aliphatic rings. The maximum absolute atomic E-state index is 13.2. The third-order valence-corrected chi connectivity index (χ3v) is 5.79. The highest BCUT2D eigenvalue weighted by molar-refractivity contribution is 6.16. The van der Waals surface area contributed by atoms with E-state index >= 15 is 0 Å². The van der Waals surface area contributed by atoms with Gasteiger partial charge in [0.2, 0.25) is 0 Å². The average Bonchev–Trinajstić information content (AvgIpc) is 2.66. The predicted molar refractivity (Wildman–Crippen MR) is 108 cm³/mol. The van der Waals surface area contributed by atoms with Crippen LogP contribution in [0.1, 0.15) is 64.6 Å². The van der Waals surface area contributed by atoms with Crippen molar-refractivity contribution in [2.24, 2.45) is 0 Å². The molecule has 2 heterocycles. The van der Waals surface area contributed by atoms with Crippen molar-refractivity contribution in [3.05, 3.63) is 64.2 Å². The van der Waals surface area contributed by atoms with E-state index < -0.39 is 11.8 Å². The minimum atomic E-state index is -1.16. The van der Waals surface area contributed by atoms with Gasteiger partial charge in [0.25, 0.3) is 0 Å². The zero-order valence-electron chi connectivity index (χ0n) is 16.2. The highest BCUT2D eigenvalue weighted by Gasteiger charge is 2.37. The van der Waals surface area contributed by atoms with Crippen molar-refractivity contribution in [3.8, 4) is 5.75 Å². The van der Waals surface area contributed by atoms with Gasteiger partial charge in [-0.3, -0.25) is 4.79 Å². The van der Waals surface area contributed by atoms with Crippen LogP contribution in [0.15, 0.2) is 36.4 Å². The van der Waals surface area contributed by atoms with E-state index in [4.69, 9.17) is 0 Å². The quantitative estimate of drug-likeness (QED) is 0.781. The Labute approximate surface area is 163 Å². The van der Waals surface area contributed by atoms with Crippen molar-refractivity contribution in [2.45, 2.75) is 39.2 Å². The number of aromatic carboxylic acids is 1. The summed E-state index contributed by atoms with van der Waals surface area (Å²) in [5.74, 6) is -1.66. The lowest BCUT2D eigenvalue weighted by Gasteiger charge is -2.47. The number of ketones is 1. The fourth-order valence-corrected chi connectivity index (χ4v) is 4.54. The molecule has 2 aromatic carbocycles. The molecule has 2 N–H and O–H groups in total. The Morgan fingerprint density at radius 2 is 1.79 bits per heavy atom. The van der Waals surface area contributed by atoms with Crippen LogP contribution in [0, 0.1) is 0 Å². The SMILES string of the molecule is CC1=CC(C)(C)N2CCCc3c(O)c(C(=O)c4ccccc4C(=O)O)cc1c32. The summed E-state index contributed by atoms with van der Waals surface area (Å²) in [5, 5.41) is 20.4. The molecule has 0 aromatic heterocycles. The van der Waals surface area contributed by atoms with Crippen LogP contribution in [-0.4, -0.2) is 34.0 Å². The largest absolute Gasteiger partial charge is 0.507 e. The van der Waals surface area contributed by atoms with Gasteiger partial charge in [-0.05, 0) is 51.3 Å². The molecule has 0 saturated carbocycles. The van der Waals surface area contributed by atoms with Crippen molar-refractivity contribution in [2.75, 3.05) is 11.4 Å². The van der Waals surface area contributed by atoms with Crippen LogP contribution in [0.25, 0.3) is 5.57 Å². The molecule has 0 radical (unpaired) electrons. The maximum atomic E-state index is 13.2. The van der Waals surface area contributed by atoms with Gasteiger partial charge < -0.3 is 15.1 Å². The molecular weight excluding hydrogens is 354 g/mol. The molecular formula is C23H23NO4. The lowest BCUT2D eigenvalue weighted by Crippen LogP contribution is -2.47. The molecule has 5 nitrogen and oxygen atoms in total. The Hall–Kier alpha value is -3.08. The summed E-state index contributed by atoms with van der Waals surface area (Å²) < 4.78 is 0. The molecule has 0 aliphatic carbocycles. The van der Waals surface area contributed by atoms with Gasteiger partial charge in [0.15, 0.2) is 5.78 Å². The van der Waals surface area contributed by atoms with E-state index in [1.807, 2.05) is 6.92 Å². The number of allylic oxidation sites excluding steroid dienone is 1. The van der Waals surface area contributed by atoms with Crippen molar-refractivity contribution in [1.82, 2.24) is 0 Å². The second-order valence-corrected chi connectivity index (χ2v) is 8.06. The Kier molecular flexibility index (Phi) is 4.07. The van der Waals surface area contributed by atoms with Gasteiger partial charge in [0, 0.05) is 23.2 Å². The first-order chi connectivity index (χ1) is 13.2. The monoisotopic (exact) mass is 377 g/mol. The van der Waals surface area contributed by atoms with E-state index in [-0.39, 0.29) is 28.0 Å². The average molecular weight is 377 g/mol. The molecule has 0 unspecified atom stereocenters. The second-order valence-electron chi connectivity index (χ2n) is 8.06. The number of carbonyl (C=O) groups excluding carboxylic acids is 1. The van der Waals surface area contributed by atoms with E-state index in [2.05, 4.69) is 24.8 Å². The first-order valence-electron chi connectivity index (χ1n) is 9.45. The highest BCUT2D eigenvalue weighted by Crippen LogP contribution is 2.48. The summed E-state index contributed by atoms with van der Waals surface area (Å²) in [5.41, 5.74) is 3.79. The number of phenolic OH excluding ortho intramolecular Hbond substituents is 1. The zero-order valence-corrected chi connectivity index (χ0v) is 16.2. The van der Waals surface area contributed by atoms with E-state index in [9.17, 15) is 19.8 Å². The third-order valence-electron chi connectivity index (χ3n) is 5.79. The number of phenols is 1. The van der Waals surface area contributed by atoms with Crippen molar-refractivity contribution in [3.63, 3.8) is 0 Å². The lowest BCUT2D eigenvalue weighted by atomic mass is 9.81. The normalized spacial score (nSPS) is 17.0. The van der Waals surface area contributed by atoms with Crippen LogP contribution in [0.4, 0.5) is 5.69 Å². The van der Waals surface area contributed by atoms with Crippen LogP contribution in [-0.2, 0) is 6.42 Å². The van der Waals surface area contributed by atoms with Crippen LogP contribution >= 0.6 is 0 Å². The lowest BCUT2D eigenvalue weighted by molar-refractivity contribution is 0.0692. The van der Waals surface area contributed by atoms with Crippen LogP contribution in [0.5, 0.6) is 5.75 Å². The number of carboxylic acids is 1. The maximum Gasteiger partial charge on any atom is 0.336 e. The predicted octanol–water partition coefficient (Wildman–Crippen LogP) is 4.27. The van der Waals surface area contributed by atoms with Crippen molar-refractivity contribution >= 4 is 23.0 Å². The van der Waals surface area contributed by atoms with Crippen molar-refractivity contribution in [1.29, 1.82) is 0 Å². The van der Waals surface area contributed by atoms with E-state index in [1.165, 1.54) is 12.1 Å². The number of hydrogen-bond donors (Lipinski definition) is 2. The number of anilines is 1. The molecule has 0 bridgehead atoms. The standard InChI is InChI=1S/C23H23NO4/c1-13-12-23(2,3)24-10-6-9-16-19(24)17(13)11-18(21(16)26)20(25)14-7-4-5-8-15(14)22(27)28/h4-5,7-8,11-12,26H,6,9-10H2,1-3H3,(H,27,28). The summed E-state index contributed by atoms with van der Waals surface area (Å²) in [6.07, 6.45) is 3.76. The zero-order chi connectivity index (χ0) is 20.2. The Morgan fingerprint density at radius 1 is 1.11 bits per heavy atom. The van der Waals surface area contributed by atoms with E-state index in [0.717, 1.165) is 35.4 Å². The number of carboxylic acid groups (broad SMARTS) is 1. The molecule has 0 spiro atoms. The summed E-state index contributed by atoms with van der Waals surface area (Å²) in [6, 6.07) is 7.84. The van der Waals surface area contributed by atoms with E-state index in [1.54, 1.807) is 18.2 Å². The number of rotatable bonds is 3. The molecule has 144 valence electrons. The molecule has 28 heavy (non-hydrogen) atoms. The Bertz CT molecular complexity index is 1050. The Morgan fingerprint density at radius 3 is 2.46 bits per heavy atom. The van der Waals surface area contributed by atoms with Gasteiger partial charge in [-0.2, -0.15) is 0 Å². The second kappa shape index (κ2) is 6.23. The molecule has 0 fully saturated rings. The minimum absolute atomic E-state index is 0.0286. The van der Waals surface area contributed by atoms with Gasteiger partial charge >= 0.3 is 5.97 Å². The smallest absolute Gasteiger partial charge is 0.336 e. The molecule has 0 saturated heterocycles. The Balaban J connectivity index is 1.94. The van der Waals surface area contributed by atoms with Gasteiger partial charge in [-0.25, -0.2) is 4.79 Å². The number of benzene rings is 2. The van der Waals surface area contributed by atoms with Crippen molar-refractivity contribution < 1.29 is 19.8 Å². The number of hydrogen-bond acceptors (Lipinski definition) is 4. The first-order valence-corrected chi connectivity index (χ1v) is 9.45. The van der Waals surface area contributed by atoms with Crippen LogP contribution in [0.3, 0.4) is 0 Å². The summed E-state index contributed by atoms with van der Waals surface area (Å²) >= 11 is 0. The fourth-order valence-electron chi connectivity index (χ4n) is 4.54. The molecule has 5 heteroatoms. The van der Waals surface area contributed by atoms with Crippen LogP contribution in [0.2, 0.25) is 0 Å². The van der Waals surface area contributed by atoms with E-state index in [0.29, 0.717) is 6.42 Å². The minimum Gasteiger partial charge on any atom is -0.507 e. The molecule has 0 amide bonds. The molecule has 2 aromatic rings. The summed E-state index contributed by atoms with van der Waals surface area (Å²) in [7, 11) is 0. The van der Waals surface area contributed by atoms with Gasteiger partial charge in [-0.15, -0.1) is 0 Å². The highest BCUT2D eigenvalue weighted by atomic mass is 16.4. The van der Waals surface area contributed by atoms with Gasteiger partial charge in [0.05, 0.1) is 22.4 Å². The summed E-state index contributed by atoms with van der Waals surface area (Å²) in [6.45, 7) is 7.20. The number of aromatic hydroxyl groups is 1. The third kappa shape index (κ3) is 2.61. The van der Waals surface area contributed by atoms with Gasteiger partial charge in [-0.1, -0.05) is 24.3 Å². The summed E-state index contributed by atoms with van der Waals surface area (Å²) in [4.78, 5) is 27.1. The first kappa shape index (κ1) is 18.3. The number of nitrogens with zero attached hydrogens (tertiary/aromatic N) is 1. The molecule has 4 rings (SSSR count). The van der Waals surface area contributed by atoms with Crippen LogP contribution < -0.4 is 4.90 Å². The molecule has 2 aliphatic heterocycles.